The van der Waals surface area contributed by atoms with E-state index in [4.69, 9.17) is 9.47 Å². The summed E-state index contributed by atoms with van der Waals surface area (Å²) in [4.78, 5) is 167. The van der Waals surface area contributed by atoms with Gasteiger partial charge in [0.1, 0.15) is 30.6 Å². The van der Waals surface area contributed by atoms with Crippen molar-refractivity contribution in [1.82, 2.24) is 74.7 Å². The van der Waals surface area contributed by atoms with Gasteiger partial charge >= 0.3 is 11.9 Å². The lowest BCUT2D eigenvalue weighted by Gasteiger charge is -2.37. The van der Waals surface area contributed by atoms with Crippen molar-refractivity contribution < 1.29 is 57.4 Å². The molecule has 107 heavy (non-hydrogen) atoms. The number of Topliss-reactive ketones (excluding diaryl/α,β-unsaturated/α-hetero) is 3. The third kappa shape index (κ3) is 43.3. The molecule has 0 radical (unpaired) electrons. The van der Waals surface area contributed by atoms with Crippen molar-refractivity contribution in [3.63, 3.8) is 0 Å². The maximum Gasteiger partial charge on any atom is 0.307 e. The molecule has 0 saturated carbocycles. The Bertz CT molecular complexity index is 2570. The normalized spacial score (nSPS) is 13.4. The van der Waals surface area contributed by atoms with Crippen molar-refractivity contribution in [1.29, 1.82) is 0 Å². The van der Waals surface area contributed by atoms with Crippen LogP contribution in [0.4, 0.5) is 0 Å². The fraction of sp³-hybridized carbons (Fsp3) is 0.875. The minimum atomic E-state index is -1.35. The number of carbonyl (C=O) groups excluding carboxylic acids is 10. The molecule has 0 aliphatic rings. The van der Waals surface area contributed by atoms with Crippen LogP contribution in [0.3, 0.4) is 0 Å². The van der Waals surface area contributed by atoms with Crippen LogP contribution >= 0.6 is 0 Å². The number of carbonyl (C=O) groups is 10. The summed E-state index contributed by atoms with van der Waals surface area (Å²) in [5, 5.41) is 9.32. The van der Waals surface area contributed by atoms with Gasteiger partial charge in [0, 0.05) is 231 Å². The summed E-state index contributed by atoms with van der Waals surface area (Å²) in [5.74, 6) is -6.25. The molecule has 3 N–H and O–H groups in total. The highest BCUT2D eigenvalue weighted by Crippen LogP contribution is 2.41. The molecule has 0 aromatic heterocycles. The quantitative estimate of drug-likeness (QED) is 0.0550. The number of esters is 2. The molecule has 0 saturated heterocycles. The number of likely N-dealkylation sites (N-methyl/N-ethyl adjacent to an activating group) is 14. The monoisotopic (exact) mass is 1520 g/mol. The van der Waals surface area contributed by atoms with E-state index in [-0.39, 0.29) is 110 Å². The standard InChI is InChI=1S/C80H157N15O12/c1-25-31-34-83-75(103)66(60-71(99)91(22)49-45-86(17)39-35-81-13)62-79(9,10)69(97)58-67(77(105)93(24)51-47-87(18)40-36-82-14)63-80(11,12)74(102)65(59-70(98)90(21)50-46-88(19)43-41-84(15)37-32-72(100)106-55-53-94(27-3)28-4)61-78(7,8)68(96)57-64(26-2)76(104)92(23)52-48-89(20)44-42-85(16)38-33-73(101)107-56-54-95(29-5)30-6/h64-67,81-82H,25-63H2,1-24H3,(H,83,103). The summed E-state index contributed by atoms with van der Waals surface area (Å²) in [7, 11) is 22.4. The number of unbranched alkanes of at least 4 members (excludes halogenated alkanes) is 1. The van der Waals surface area contributed by atoms with E-state index in [1.165, 1.54) is 0 Å². The van der Waals surface area contributed by atoms with Crippen LogP contribution < -0.4 is 16.0 Å². The molecule has 0 aliphatic carbocycles. The second-order valence-electron chi connectivity index (χ2n) is 32.3. The van der Waals surface area contributed by atoms with E-state index in [0.29, 0.717) is 137 Å². The summed E-state index contributed by atoms with van der Waals surface area (Å²) < 4.78 is 11.0. The first kappa shape index (κ1) is 102. The average Bonchev–Trinajstić information content (AvgIpc) is 0.805. The van der Waals surface area contributed by atoms with Gasteiger partial charge in [0.05, 0.1) is 12.8 Å². The second kappa shape index (κ2) is 55.3. The fourth-order valence-electron chi connectivity index (χ4n) is 12.9. The maximum absolute atomic E-state index is 15.9. The van der Waals surface area contributed by atoms with E-state index in [2.05, 4.69) is 82.8 Å². The van der Waals surface area contributed by atoms with Crippen molar-refractivity contribution >= 4 is 58.8 Å². The van der Waals surface area contributed by atoms with E-state index in [0.717, 1.165) is 65.2 Å². The molecular formula is C80H157N15O12. The van der Waals surface area contributed by atoms with Gasteiger partial charge in [-0.1, -0.05) is 89.5 Å². The molecule has 4 unspecified atom stereocenters. The Hall–Kier alpha value is -5.10. The number of rotatable bonds is 65. The van der Waals surface area contributed by atoms with E-state index < -0.39 is 39.9 Å². The van der Waals surface area contributed by atoms with Gasteiger partial charge in [0.25, 0.3) is 0 Å². The largest absolute Gasteiger partial charge is 0.464 e. The lowest BCUT2D eigenvalue weighted by Crippen LogP contribution is -2.45. The number of hydrogen-bond donors (Lipinski definition) is 3. The van der Waals surface area contributed by atoms with Crippen LogP contribution in [0.25, 0.3) is 0 Å². The topological polar surface area (TPSA) is 264 Å². The van der Waals surface area contributed by atoms with Gasteiger partial charge < -0.3 is 84.2 Å². The van der Waals surface area contributed by atoms with Crippen molar-refractivity contribution in [2.75, 3.05) is 261 Å². The summed E-state index contributed by atoms with van der Waals surface area (Å²) in [6.45, 7) is 39.5. The predicted molar refractivity (Wildman–Crippen MR) is 431 cm³/mol. The lowest BCUT2D eigenvalue weighted by molar-refractivity contribution is -0.145. The summed E-state index contributed by atoms with van der Waals surface area (Å²) in [5.41, 5.74) is -3.77. The van der Waals surface area contributed by atoms with Crippen LogP contribution in [0.2, 0.25) is 0 Å². The van der Waals surface area contributed by atoms with Crippen molar-refractivity contribution in [2.24, 2.45) is 39.9 Å². The van der Waals surface area contributed by atoms with E-state index in [9.17, 15) is 33.6 Å². The number of ketones is 3. The van der Waals surface area contributed by atoms with Gasteiger partial charge in [-0.3, -0.25) is 47.9 Å². The number of nitrogens with zero attached hydrogens (tertiary/aromatic N) is 12. The summed E-state index contributed by atoms with van der Waals surface area (Å²) in [6, 6.07) is 0. The van der Waals surface area contributed by atoms with Crippen LogP contribution in [-0.2, 0) is 57.4 Å². The second-order valence-corrected chi connectivity index (χ2v) is 32.3. The van der Waals surface area contributed by atoms with Gasteiger partial charge in [-0.25, -0.2) is 0 Å². The molecule has 0 heterocycles. The van der Waals surface area contributed by atoms with Crippen LogP contribution in [0.15, 0.2) is 0 Å². The molecule has 5 amide bonds. The number of ether oxygens (including phenoxy) is 2. The van der Waals surface area contributed by atoms with Crippen LogP contribution in [0, 0.1) is 39.9 Å². The van der Waals surface area contributed by atoms with Gasteiger partial charge in [-0.2, -0.15) is 0 Å². The molecule has 0 aliphatic heterocycles. The summed E-state index contributed by atoms with van der Waals surface area (Å²) >= 11 is 0. The van der Waals surface area contributed by atoms with Crippen LogP contribution in [0.5, 0.6) is 0 Å². The zero-order chi connectivity index (χ0) is 81.6. The van der Waals surface area contributed by atoms with Crippen LogP contribution in [-0.4, -0.2) is 379 Å². The van der Waals surface area contributed by atoms with E-state index in [1.54, 1.807) is 89.3 Å². The molecule has 0 rings (SSSR count). The Morgan fingerprint density at radius 2 is 0.682 bits per heavy atom. The zero-order valence-corrected chi connectivity index (χ0v) is 72.2. The highest BCUT2D eigenvalue weighted by molar-refractivity contribution is 5.95. The maximum atomic E-state index is 15.9. The SMILES string of the molecule is CCCCNC(=O)C(CC(=O)N(C)CCN(C)CCNC)CC(C)(C)C(=O)CC(CC(C)(C)C(=O)C(CC(=O)N(C)CCN(C)CCN(C)CCC(=O)OCCN(CC)CC)CC(C)(C)C(=O)CC(CC)C(=O)N(C)CCN(C)CCN(C)CCC(=O)OCCN(CC)CC)C(=O)N(C)CCN(C)CCNC. The lowest BCUT2D eigenvalue weighted by atomic mass is 9.67. The minimum Gasteiger partial charge on any atom is -0.464 e. The Morgan fingerprint density at radius 1 is 0.355 bits per heavy atom. The van der Waals surface area contributed by atoms with Gasteiger partial charge in [0.2, 0.25) is 29.5 Å². The van der Waals surface area contributed by atoms with Crippen molar-refractivity contribution in [2.45, 2.75) is 160 Å². The molecule has 27 nitrogen and oxygen atoms in total. The zero-order valence-electron chi connectivity index (χ0n) is 72.2. The average molecular weight is 1520 g/mol. The Kier molecular flexibility index (Phi) is 52.7. The Labute approximate surface area is 649 Å². The first-order chi connectivity index (χ1) is 50.2. The third-order valence-corrected chi connectivity index (χ3v) is 21.5. The Balaban J connectivity index is 7.24. The van der Waals surface area contributed by atoms with Gasteiger partial charge in [0.15, 0.2) is 0 Å². The molecular weight excluding hydrogens is 1360 g/mol. The summed E-state index contributed by atoms with van der Waals surface area (Å²) in [6.07, 6.45) is 1.73. The van der Waals surface area contributed by atoms with Crippen LogP contribution in [0.1, 0.15) is 160 Å². The molecule has 0 aromatic rings. The minimum absolute atomic E-state index is 0.0290. The Morgan fingerprint density at radius 3 is 1.06 bits per heavy atom. The van der Waals surface area contributed by atoms with Crippen molar-refractivity contribution in [3.05, 3.63) is 0 Å². The van der Waals surface area contributed by atoms with E-state index in [1.807, 2.05) is 70.2 Å². The molecule has 27 heteroatoms. The number of nitrogens with one attached hydrogen (secondary N) is 3. The molecule has 0 fully saturated rings. The fourth-order valence-corrected chi connectivity index (χ4v) is 12.9. The number of amides is 5. The molecule has 4 atom stereocenters. The molecule has 0 aromatic carbocycles. The molecule has 624 valence electrons. The highest BCUT2D eigenvalue weighted by atomic mass is 16.5. The third-order valence-electron chi connectivity index (χ3n) is 21.5. The number of hydrogen-bond acceptors (Lipinski definition) is 22. The first-order valence-electron chi connectivity index (χ1n) is 40.3. The molecule has 0 spiro atoms. The van der Waals surface area contributed by atoms with Gasteiger partial charge in [-0.05, 0) is 115 Å². The predicted octanol–water partition coefficient (Wildman–Crippen LogP) is 4.71. The smallest absolute Gasteiger partial charge is 0.307 e. The first-order valence-corrected chi connectivity index (χ1v) is 40.3. The van der Waals surface area contributed by atoms with E-state index >= 15 is 14.4 Å². The van der Waals surface area contributed by atoms with Gasteiger partial charge in [-0.15, -0.1) is 0 Å². The highest BCUT2D eigenvalue weighted by Gasteiger charge is 2.45. The molecule has 0 bridgehead atoms. The van der Waals surface area contributed by atoms with Crippen molar-refractivity contribution in [3.8, 4) is 0 Å².